The molecular formula is C20H29ClO5. The molecule has 1 aromatic carbocycles. The van der Waals surface area contributed by atoms with Crippen molar-refractivity contribution in [3.8, 4) is 11.5 Å². The Morgan fingerprint density at radius 2 is 1.81 bits per heavy atom. The fraction of sp³-hybridized carbons (Fsp3) is 0.600. The molecule has 0 aliphatic rings. The van der Waals surface area contributed by atoms with E-state index in [-0.39, 0.29) is 18.8 Å². The molecule has 5 nitrogen and oxygen atoms in total. The second kappa shape index (κ2) is 12.6. The van der Waals surface area contributed by atoms with Crippen molar-refractivity contribution in [3.05, 3.63) is 23.2 Å². The van der Waals surface area contributed by atoms with Crippen molar-refractivity contribution in [2.75, 3.05) is 13.7 Å². The van der Waals surface area contributed by atoms with Crippen molar-refractivity contribution in [3.63, 3.8) is 0 Å². The molecule has 0 spiro atoms. The van der Waals surface area contributed by atoms with Gasteiger partial charge >= 0.3 is 11.9 Å². The highest BCUT2D eigenvalue weighted by molar-refractivity contribution is 6.30. The average Bonchev–Trinajstić information content (AvgIpc) is 2.63. The number of rotatable bonds is 12. The van der Waals surface area contributed by atoms with Crippen LogP contribution in [0.4, 0.5) is 0 Å². The van der Waals surface area contributed by atoms with Gasteiger partial charge in [0.25, 0.3) is 0 Å². The number of hydrogen-bond donors (Lipinski definition) is 0. The summed E-state index contributed by atoms with van der Waals surface area (Å²) in [5, 5.41) is 0.494. The largest absolute Gasteiger partial charge is 0.493 e. The average molecular weight is 385 g/mol. The fourth-order valence-electron chi connectivity index (χ4n) is 2.46. The minimum absolute atomic E-state index is 0.133. The lowest BCUT2D eigenvalue weighted by molar-refractivity contribution is -0.145. The van der Waals surface area contributed by atoms with Gasteiger partial charge < -0.3 is 14.2 Å². The normalized spacial score (nSPS) is 11.7. The van der Waals surface area contributed by atoms with Crippen molar-refractivity contribution in [2.45, 2.75) is 58.8 Å². The Labute approximate surface area is 161 Å². The Bertz CT molecular complexity index is 573. The zero-order chi connectivity index (χ0) is 19.4. The minimum Gasteiger partial charge on any atom is -0.493 e. The van der Waals surface area contributed by atoms with Gasteiger partial charge in [-0.25, -0.2) is 0 Å². The summed E-state index contributed by atoms with van der Waals surface area (Å²) in [4.78, 5) is 23.7. The molecule has 0 aromatic heterocycles. The molecule has 0 heterocycles. The van der Waals surface area contributed by atoms with Gasteiger partial charge in [0.05, 0.1) is 13.7 Å². The molecule has 1 atom stereocenters. The third-order valence-electron chi connectivity index (χ3n) is 4.13. The van der Waals surface area contributed by atoms with Crippen LogP contribution in [0, 0.1) is 5.92 Å². The lowest BCUT2D eigenvalue weighted by atomic mass is 10.0. The predicted molar refractivity (Wildman–Crippen MR) is 102 cm³/mol. The molecule has 0 saturated carbocycles. The number of carbonyl (C=O) groups is 2. The van der Waals surface area contributed by atoms with Crippen LogP contribution in [0.3, 0.4) is 0 Å². The van der Waals surface area contributed by atoms with E-state index in [1.807, 2.05) is 0 Å². The van der Waals surface area contributed by atoms with Crippen LogP contribution in [0.5, 0.6) is 11.5 Å². The van der Waals surface area contributed by atoms with E-state index < -0.39 is 5.97 Å². The van der Waals surface area contributed by atoms with Gasteiger partial charge in [0.15, 0.2) is 11.5 Å². The second-order valence-corrected chi connectivity index (χ2v) is 6.66. The topological polar surface area (TPSA) is 61.8 Å². The molecule has 26 heavy (non-hydrogen) atoms. The third kappa shape index (κ3) is 8.56. The summed E-state index contributed by atoms with van der Waals surface area (Å²) in [5.74, 6) is 0.431. The summed E-state index contributed by atoms with van der Waals surface area (Å²) < 4.78 is 15.7. The molecule has 1 unspecified atom stereocenters. The van der Waals surface area contributed by atoms with Gasteiger partial charge in [-0.15, -0.1) is 0 Å². The van der Waals surface area contributed by atoms with Crippen molar-refractivity contribution >= 4 is 23.5 Å². The Kier molecular flexibility index (Phi) is 10.8. The molecule has 146 valence electrons. The molecule has 0 saturated heterocycles. The highest BCUT2D eigenvalue weighted by Crippen LogP contribution is 2.30. The highest BCUT2D eigenvalue weighted by atomic mass is 35.5. The van der Waals surface area contributed by atoms with Gasteiger partial charge in [-0.3, -0.25) is 9.59 Å². The molecular weight excluding hydrogens is 356 g/mol. The van der Waals surface area contributed by atoms with E-state index in [0.717, 1.165) is 25.7 Å². The fourth-order valence-corrected chi connectivity index (χ4v) is 2.62. The third-order valence-corrected chi connectivity index (χ3v) is 4.37. The van der Waals surface area contributed by atoms with E-state index in [9.17, 15) is 9.59 Å². The Morgan fingerprint density at radius 3 is 2.46 bits per heavy atom. The summed E-state index contributed by atoms with van der Waals surface area (Å²) >= 11 is 5.87. The van der Waals surface area contributed by atoms with E-state index in [1.54, 1.807) is 18.2 Å². The highest BCUT2D eigenvalue weighted by Gasteiger charge is 2.13. The summed E-state index contributed by atoms with van der Waals surface area (Å²) in [6.45, 7) is 4.72. The van der Waals surface area contributed by atoms with E-state index in [2.05, 4.69) is 13.8 Å². The van der Waals surface area contributed by atoms with Crippen LogP contribution in [-0.4, -0.2) is 25.7 Å². The maximum Gasteiger partial charge on any atom is 0.311 e. The quantitative estimate of drug-likeness (QED) is 0.367. The number of esters is 2. The van der Waals surface area contributed by atoms with E-state index in [1.165, 1.54) is 7.11 Å². The molecule has 6 heteroatoms. The monoisotopic (exact) mass is 384 g/mol. The van der Waals surface area contributed by atoms with E-state index in [4.69, 9.17) is 25.8 Å². The molecule has 0 aliphatic carbocycles. The van der Waals surface area contributed by atoms with Crippen LogP contribution in [0.2, 0.25) is 5.02 Å². The van der Waals surface area contributed by atoms with Gasteiger partial charge in [-0.2, -0.15) is 0 Å². The summed E-state index contributed by atoms with van der Waals surface area (Å²) in [5.41, 5.74) is 0. The SMILES string of the molecule is CCCCC(CC)COC(=O)CCCC(=O)Oc1ccc(Cl)cc1OC. The standard InChI is InChI=1S/C20H29ClO5/c1-4-6-8-15(5-2)14-25-19(22)9-7-10-20(23)26-17-12-11-16(21)13-18(17)24-3/h11-13,15H,4-10,14H2,1-3H3. The molecule has 0 bridgehead atoms. The van der Waals surface area contributed by atoms with Crippen LogP contribution >= 0.6 is 11.6 Å². The predicted octanol–water partition coefficient (Wildman–Crippen LogP) is 5.18. The summed E-state index contributed by atoms with van der Waals surface area (Å²) in [6, 6.07) is 4.77. The molecule has 0 N–H and O–H groups in total. The van der Waals surface area contributed by atoms with Crippen molar-refractivity contribution in [1.82, 2.24) is 0 Å². The zero-order valence-corrected chi connectivity index (χ0v) is 16.6. The Hall–Kier alpha value is -1.75. The number of benzene rings is 1. The maximum absolute atomic E-state index is 11.9. The Balaban J connectivity index is 2.30. The minimum atomic E-state index is -0.423. The van der Waals surface area contributed by atoms with Gasteiger partial charge in [-0.1, -0.05) is 44.7 Å². The van der Waals surface area contributed by atoms with Crippen molar-refractivity contribution in [1.29, 1.82) is 0 Å². The van der Waals surface area contributed by atoms with Gasteiger partial charge in [-0.05, 0) is 30.9 Å². The number of unbranched alkanes of at least 4 members (excludes halogenated alkanes) is 1. The van der Waals surface area contributed by atoms with Crippen molar-refractivity contribution in [2.24, 2.45) is 5.92 Å². The lowest BCUT2D eigenvalue weighted by Crippen LogP contribution is -2.14. The van der Waals surface area contributed by atoms with Crippen LogP contribution in [0.25, 0.3) is 0 Å². The molecule has 1 rings (SSSR count). The maximum atomic E-state index is 11.9. The van der Waals surface area contributed by atoms with Gasteiger partial charge in [0.2, 0.25) is 0 Å². The van der Waals surface area contributed by atoms with Crippen molar-refractivity contribution < 1.29 is 23.8 Å². The lowest BCUT2D eigenvalue weighted by Gasteiger charge is -2.14. The first kappa shape index (κ1) is 22.3. The van der Waals surface area contributed by atoms with Crippen LogP contribution in [0.1, 0.15) is 58.8 Å². The van der Waals surface area contributed by atoms with Gasteiger partial charge in [0, 0.05) is 23.9 Å². The summed E-state index contributed by atoms with van der Waals surface area (Å²) in [6.07, 6.45) is 5.10. The first-order valence-electron chi connectivity index (χ1n) is 9.19. The molecule has 0 amide bonds. The van der Waals surface area contributed by atoms with Gasteiger partial charge in [0.1, 0.15) is 0 Å². The van der Waals surface area contributed by atoms with E-state index >= 15 is 0 Å². The number of halogens is 1. The second-order valence-electron chi connectivity index (χ2n) is 6.22. The van der Waals surface area contributed by atoms with Crippen LogP contribution < -0.4 is 9.47 Å². The molecule has 0 aliphatic heterocycles. The first-order valence-corrected chi connectivity index (χ1v) is 9.57. The molecule has 1 aromatic rings. The van der Waals surface area contributed by atoms with E-state index in [0.29, 0.717) is 35.5 Å². The number of ether oxygens (including phenoxy) is 3. The molecule has 0 radical (unpaired) electrons. The molecule has 0 fully saturated rings. The van der Waals surface area contributed by atoms with Crippen LogP contribution in [-0.2, 0) is 14.3 Å². The Morgan fingerprint density at radius 1 is 1.08 bits per heavy atom. The van der Waals surface area contributed by atoms with Crippen LogP contribution in [0.15, 0.2) is 18.2 Å². The zero-order valence-electron chi connectivity index (χ0n) is 15.9. The smallest absolute Gasteiger partial charge is 0.311 e. The summed E-state index contributed by atoms with van der Waals surface area (Å²) in [7, 11) is 1.48. The number of hydrogen-bond acceptors (Lipinski definition) is 5. The number of methoxy groups -OCH3 is 1. The first-order chi connectivity index (χ1) is 12.5. The number of carbonyl (C=O) groups excluding carboxylic acids is 2.